The smallest absolute Gasteiger partial charge is 0.476 e. The van der Waals surface area contributed by atoms with Crippen LogP contribution in [0.2, 0.25) is 5.02 Å². The molecule has 154 valence electrons. The van der Waals surface area contributed by atoms with Crippen molar-refractivity contribution in [3.8, 4) is 22.9 Å². The Kier molecular flexibility index (Phi) is 5.50. The first-order valence-corrected chi connectivity index (χ1v) is 9.33. The zero-order chi connectivity index (χ0) is 21.1. The van der Waals surface area contributed by atoms with E-state index in [2.05, 4.69) is 14.8 Å². The molecule has 2 aromatic heterocycles. The van der Waals surface area contributed by atoms with Crippen LogP contribution < -0.4 is 9.47 Å². The summed E-state index contributed by atoms with van der Waals surface area (Å²) in [6.45, 7) is 0.402. The molecule has 0 aliphatic rings. The molecule has 0 atom stereocenters. The SMILES string of the molecule is FC(F)(F)Oc1cccc(-c2cnc3ccc(OCCc4ccc(Cl)cc4)nn23)c1. The zero-order valence-corrected chi connectivity index (χ0v) is 16.2. The van der Waals surface area contributed by atoms with Crippen molar-refractivity contribution in [1.82, 2.24) is 14.6 Å². The molecule has 9 heteroatoms. The molecule has 0 radical (unpaired) electrons. The Morgan fingerprint density at radius 1 is 1.00 bits per heavy atom. The topological polar surface area (TPSA) is 48.7 Å². The van der Waals surface area contributed by atoms with Gasteiger partial charge in [-0.1, -0.05) is 35.9 Å². The van der Waals surface area contributed by atoms with Crippen molar-refractivity contribution in [2.24, 2.45) is 0 Å². The van der Waals surface area contributed by atoms with Crippen LogP contribution in [0.4, 0.5) is 13.2 Å². The van der Waals surface area contributed by atoms with Crippen LogP contribution >= 0.6 is 11.6 Å². The standard InChI is InChI=1S/C21H15ClF3N3O2/c22-16-6-4-14(5-7-16)10-11-29-20-9-8-19-26-13-18(28(19)27-20)15-2-1-3-17(12-15)30-21(23,24)25/h1-9,12-13H,10-11H2. The fourth-order valence-electron chi connectivity index (χ4n) is 2.91. The van der Waals surface area contributed by atoms with Gasteiger partial charge in [-0.05, 0) is 35.9 Å². The summed E-state index contributed by atoms with van der Waals surface area (Å²) < 4.78 is 48.8. The zero-order valence-electron chi connectivity index (χ0n) is 15.4. The Bertz CT molecular complexity index is 1160. The first-order chi connectivity index (χ1) is 14.4. The number of imidazole rings is 1. The van der Waals surface area contributed by atoms with Gasteiger partial charge in [0.05, 0.1) is 18.5 Å². The molecule has 0 N–H and O–H groups in total. The molecule has 5 nitrogen and oxygen atoms in total. The van der Waals surface area contributed by atoms with Crippen molar-refractivity contribution in [1.29, 1.82) is 0 Å². The maximum Gasteiger partial charge on any atom is 0.573 e. The number of rotatable bonds is 6. The molecule has 0 fully saturated rings. The normalized spacial score (nSPS) is 11.6. The van der Waals surface area contributed by atoms with E-state index in [-0.39, 0.29) is 5.75 Å². The van der Waals surface area contributed by atoms with E-state index in [1.165, 1.54) is 28.9 Å². The highest BCUT2D eigenvalue weighted by molar-refractivity contribution is 6.30. The summed E-state index contributed by atoms with van der Waals surface area (Å²) >= 11 is 5.88. The molecule has 4 aromatic rings. The molecular weight excluding hydrogens is 419 g/mol. The van der Waals surface area contributed by atoms with Crippen LogP contribution in [0, 0.1) is 0 Å². The number of alkyl halides is 3. The van der Waals surface area contributed by atoms with E-state index in [9.17, 15) is 13.2 Å². The third-order valence-electron chi connectivity index (χ3n) is 4.26. The average molecular weight is 434 g/mol. The quantitative estimate of drug-likeness (QED) is 0.399. The van der Waals surface area contributed by atoms with Gasteiger partial charge in [-0.15, -0.1) is 18.3 Å². The lowest BCUT2D eigenvalue weighted by molar-refractivity contribution is -0.274. The fourth-order valence-corrected chi connectivity index (χ4v) is 3.03. The van der Waals surface area contributed by atoms with E-state index >= 15 is 0 Å². The molecule has 0 spiro atoms. The highest BCUT2D eigenvalue weighted by Gasteiger charge is 2.31. The van der Waals surface area contributed by atoms with E-state index in [1.54, 1.807) is 18.2 Å². The Morgan fingerprint density at radius 3 is 2.57 bits per heavy atom. The second-order valence-electron chi connectivity index (χ2n) is 6.39. The number of benzene rings is 2. The van der Waals surface area contributed by atoms with Crippen LogP contribution in [-0.2, 0) is 6.42 Å². The van der Waals surface area contributed by atoms with Crippen LogP contribution in [0.15, 0.2) is 66.9 Å². The van der Waals surface area contributed by atoms with Gasteiger partial charge in [-0.3, -0.25) is 0 Å². The molecule has 30 heavy (non-hydrogen) atoms. The van der Waals surface area contributed by atoms with E-state index in [4.69, 9.17) is 16.3 Å². The number of halogens is 4. The van der Waals surface area contributed by atoms with Crippen molar-refractivity contribution in [2.75, 3.05) is 6.61 Å². The third-order valence-corrected chi connectivity index (χ3v) is 4.51. The average Bonchev–Trinajstić information content (AvgIpc) is 3.12. The Hall–Kier alpha value is -3.26. The van der Waals surface area contributed by atoms with Crippen molar-refractivity contribution < 1.29 is 22.6 Å². The van der Waals surface area contributed by atoms with Gasteiger partial charge >= 0.3 is 6.36 Å². The summed E-state index contributed by atoms with van der Waals surface area (Å²) in [6, 6.07) is 16.5. The van der Waals surface area contributed by atoms with Crippen molar-refractivity contribution in [3.05, 3.63) is 77.4 Å². The molecule has 0 aliphatic carbocycles. The Morgan fingerprint density at radius 2 is 1.80 bits per heavy atom. The van der Waals surface area contributed by atoms with E-state index in [1.807, 2.05) is 24.3 Å². The van der Waals surface area contributed by atoms with Crippen molar-refractivity contribution in [3.63, 3.8) is 0 Å². The fraction of sp³-hybridized carbons (Fsp3) is 0.143. The second kappa shape index (κ2) is 8.23. The molecule has 0 unspecified atom stereocenters. The molecule has 0 bridgehead atoms. The van der Waals surface area contributed by atoms with Gasteiger partial charge in [0.1, 0.15) is 5.75 Å². The summed E-state index contributed by atoms with van der Waals surface area (Å²) in [7, 11) is 0. The van der Waals surface area contributed by atoms with Crippen LogP contribution in [0.1, 0.15) is 5.56 Å². The largest absolute Gasteiger partial charge is 0.573 e. The molecule has 0 saturated heterocycles. The van der Waals surface area contributed by atoms with Gasteiger partial charge in [0.2, 0.25) is 5.88 Å². The van der Waals surface area contributed by atoms with Gasteiger partial charge in [0.25, 0.3) is 0 Å². The maximum absolute atomic E-state index is 12.5. The summed E-state index contributed by atoms with van der Waals surface area (Å²) in [5.74, 6) is 0.0590. The minimum Gasteiger partial charge on any atom is -0.476 e. The van der Waals surface area contributed by atoms with Gasteiger partial charge in [0, 0.05) is 23.1 Å². The maximum atomic E-state index is 12.5. The van der Waals surface area contributed by atoms with Gasteiger partial charge in [-0.25, -0.2) is 9.50 Å². The highest BCUT2D eigenvalue weighted by Crippen LogP contribution is 2.28. The molecule has 0 aliphatic heterocycles. The molecule has 2 heterocycles. The van der Waals surface area contributed by atoms with E-state index in [0.717, 1.165) is 5.56 Å². The predicted molar refractivity (Wildman–Crippen MR) is 106 cm³/mol. The summed E-state index contributed by atoms with van der Waals surface area (Å²) in [6.07, 6.45) is -2.56. The van der Waals surface area contributed by atoms with Crippen LogP contribution in [0.25, 0.3) is 16.9 Å². The Balaban J connectivity index is 1.53. The van der Waals surface area contributed by atoms with Crippen LogP contribution in [-0.4, -0.2) is 27.6 Å². The lowest BCUT2D eigenvalue weighted by Crippen LogP contribution is -2.17. The Labute approximate surface area is 174 Å². The van der Waals surface area contributed by atoms with E-state index in [0.29, 0.717) is 40.8 Å². The van der Waals surface area contributed by atoms with Gasteiger partial charge < -0.3 is 9.47 Å². The van der Waals surface area contributed by atoms with Crippen LogP contribution in [0.3, 0.4) is 0 Å². The lowest BCUT2D eigenvalue weighted by atomic mass is 10.1. The molecule has 0 saturated carbocycles. The summed E-state index contributed by atoms with van der Waals surface area (Å²) in [5, 5.41) is 5.08. The summed E-state index contributed by atoms with van der Waals surface area (Å²) in [5.41, 5.74) is 2.61. The third kappa shape index (κ3) is 4.83. The minimum absolute atomic E-state index is 0.315. The van der Waals surface area contributed by atoms with Crippen LogP contribution in [0.5, 0.6) is 11.6 Å². The van der Waals surface area contributed by atoms with Crippen molar-refractivity contribution >= 4 is 17.2 Å². The molecule has 4 rings (SSSR count). The monoisotopic (exact) mass is 433 g/mol. The first-order valence-electron chi connectivity index (χ1n) is 8.96. The number of hydrogen-bond acceptors (Lipinski definition) is 4. The number of ether oxygens (including phenoxy) is 2. The van der Waals surface area contributed by atoms with Gasteiger partial charge in [0.15, 0.2) is 5.65 Å². The second-order valence-corrected chi connectivity index (χ2v) is 6.82. The number of aromatic nitrogens is 3. The minimum atomic E-state index is -4.76. The number of nitrogens with zero attached hydrogens (tertiary/aromatic N) is 3. The summed E-state index contributed by atoms with van der Waals surface area (Å²) in [4.78, 5) is 4.25. The predicted octanol–water partition coefficient (Wildman–Crippen LogP) is 5.57. The first kappa shape index (κ1) is 20.0. The molecule has 2 aromatic carbocycles. The lowest BCUT2D eigenvalue weighted by Gasteiger charge is -2.10. The number of hydrogen-bond donors (Lipinski definition) is 0. The molecular formula is C21H15ClF3N3O2. The van der Waals surface area contributed by atoms with Crippen molar-refractivity contribution in [2.45, 2.75) is 12.8 Å². The van der Waals surface area contributed by atoms with E-state index < -0.39 is 6.36 Å². The highest BCUT2D eigenvalue weighted by atomic mass is 35.5. The van der Waals surface area contributed by atoms with Gasteiger partial charge in [-0.2, -0.15) is 0 Å². The number of fused-ring (bicyclic) bond motifs is 1. The molecule has 0 amide bonds.